The molecule has 0 aliphatic carbocycles. The Labute approximate surface area is 94.7 Å². The molecular weight excluding hydrogens is 210 g/mol. The van der Waals surface area contributed by atoms with Crippen LogP contribution in [0.15, 0.2) is 18.3 Å². The fraction of sp³-hybridized carbons (Fsp3) is 0.400. The normalized spacial score (nSPS) is 10.0. The van der Waals surface area contributed by atoms with Crippen molar-refractivity contribution >= 4 is 23.1 Å². The summed E-state index contributed by atoms with van der Waals surface area (Å²) < 4.78 is 1.89. The van der Waals surface area contributed by atoms with Gasteiger partial charge in [0.1, 0.15) is 4.99 Å². The maximum Gasteiger partial charge on any atom is 0.223 e. The topological polar surface area (TPSA) is 51.3 Å². The van der Waals surface area contributed by atoms with Crippen LogP contribution in [-0.4, -0.2) is 34.5 Å². The van der Waals surface area contributed by atoms with E-state index < -0.39 is 0 Å². The van der Waals surface area contributed by atoms with E-state index in [4.69, 9.17) is 18.0 Å². The zero-order chi connectivity index (χ0) is 11.4. The Balaban J connectivity index is 2.62. The van der Waals surface area contributed by atoms with Crippen LogP contribution in [0.3, 0.4) is 0 Å². The first kappa shape index (κ1) is 11.7. The minimum Gasteiger partial charge on any atom is -0.388 e. The number of nitrogens with zero attached hydrogens (tertiary/aromatic N) is 2. The van der Waals surface area contributed by atoms with Crippen molar-refractivity contribution in [1.29, 1.82) is 0 Å². The van der Waals surface area contributed by atoms with E-state index in [1.165, 1.54) is 0 Å². The Morgan fingerprint density at radius 1 is 1.60 bits per heavy atom. The van der Waals surface area contributed by atoms with Gasteiger partial charge in [0.25, 0.3) is 0 Å². The van der Waals surface area contributed by atoms with Crippen LogP contribution < -0.4 is 5.73 Å². The van der Waals surface area contributed by atoms with E-state index in [0.717, 1.165) is 5.69 Å². The molecule has 1 aromatic rings. The Morgan fingerprint density at radius 3 is 2.80 bits per heavy atom. The number of nitrogens with two attached hydrogens (primary N) is 1. The van der Waals surface area contributed by atoms with E-state index >= 15 is 0 Å². The Bertz CT molecular complexity index is 370. The van der Waals surface area contributed by atoms with Gasteiger partial charge in [0.15, 0.2) is 0 Å². The molecule has 2 N–H and O–H groups in total. The molecular formula is C10H15N3OS. The van der Waals surface area contributed by atoms with Crippen LogP contribution in [0.4, 0.5) is 0 Å². The molecule has 0 radical (unpaired) electrons. The predicted octanol–water partition coefficient (Wildman–Crippen LogP) is 0.601. The average molecular weight is 225 g/mol. The molecule has 82 valence electrons. The maximum absolute atomic E-state index is 11.4. The first-order chi connectivity index (χ1) is 7.02. The second-order valence-electron chi connectivity index (χ2n) is 3.49. The molecule has 15 heavy (non-hydrogen) atoms. The Morgan fingerprint density at radius 2 is 2.27 bits per heavy atom. The Hall–Kier alpha value is -1.36. The molecule has 1 heterocycles. The molecule has 0 atom stereocenters. The van der Waals surface area contributed by atoms with Crippen LogP contribution in [0.1, 0.15) is 12.1 Å². The van der Waals surface area contributed by atoms with Gasteiger partial charge in [-0.3, -0.25) is 4.79 Å². The summed E-state index contributed by atoms with van der Waals surface area (Å²) >= 11 is 4.90. The van der Waals surface area contributed by atoms with Gasteiger partial charge >= 0.3 is 0 Å². The number of aromatic nitrogens is 1. The molecule has 5 heteroatoms. The third kappa shape index (κ3) is 3.06. The third-order valence-electron chi connectivity index (χ3n) is 2.15. The first-order valence-corrected chi connectivity index (χ1v) is 5.08. The molecule has 4 nitrogen and oxygen atoms in total. The molecule has 1 amide bonds. The van der Waals surface area contributed by atoms with Crippen molar-refractivity contribution in [3.05, 3.63) is 24.0 Å². The third-order valence-corrected chi connectivity index (χ3v) is 2.36. The van der Waals surface area contributed by atoms with Crippen LogP contribution in [0, 0.1) is 0 Å². The van der Waals surface area contributed by atoms with Gasteiger partial charge in [-0.2, -0.15) is 0 Å². The van der Waals surface area contributed by atoms with E-state index in [-0.39, 0.29) is 5.91 Å². The maximum atomic E-state index is 11.4. The second-order valence-corrected chi connectivity index (χ2v) is 3.93. The summed E-state index contributed by atoms with van der Waals surface area (Å²) in [4.78, 5) is 13.3. The molecule has 0 saturated heterocycles. The van der Waals surface area contributed by atoms with Crippen molar-refractivity contribution < 1.29 is 4.79 Å². The summed E-state index contributed by atoms with van der Waals surface area (Å²) in [6, 6.07) is 3.72. The quantitative estimate of drug-likeness (QED) is 0.763. The number of amides is 1. The van der Waals surface area contributed by atoms with E-state index in [1.807, 2.05) is 22.9 Å². The van der Waals surface area contributed by atoms with Crippen LogP contribution in [0.25, 0.3) is 0 Å². The molecule has 0 fully saturated rings. The molecule has 1 rings (SSSR count). The highest BCUT2D eigenvalue weighted by Gasteiger charge is 2.07. The fourth-order valence-electron chi connectivity index (χ4n) is 1.27. The molecule has 0 aromatic carbocycles. The molecule has 0 bridgehead atoms. The van der Waals surface area contributed by atoms with Gasteiger partial charge in [0.2, 0.25) is 5.91 Å². The largest absolute Gasteiger partial charge is 0.388 e. The zero-order valence-electron chi connectivity index (χ0n) is 8.93. The average Bonchev–Trinajstić information content (AvgIpc) is 2.61. The molecule has 0 spiro atoms. The highest BCUT2D eigenvalue weighted by molar-refractivity contribution is 7.80. The van der Waals surface area contributed by atoms with Crippen LogP contribution in [0.5, 0.6) is 0 Å². The SMILES string of the molecule is CN(C)C(=O)CCn1cccc1C(N)=S. The molecule has 0 aliphatic heterocycles. The number of aryl methyl sites for hydroxylation is 1. The van der Waals surface area contributed by atoms with Crippen molar-refractivity contribution in [2.45, 2.75) is 13.0 Å². The van der Waals surface area contributed by atoms with E-state index in [0.29, 0.717) is 18.0 Å². The van der Waals surface area contributed by atoms with Gasteiger partial charge < -0.3 is 15.2 Å². The van der Waals surface area contributed by atoms with Gasteiger partial charge in [-0.05, 0) is 12.1 Å². The van der Waals surface area contributed by atoms with Gasteiger partial charge in [-0.15, -0.1) is 0 Å². The van der Waals surface area contributed by atoms with Crippen molar-refractivity contribution in [2.24, 2.45) is 5.73 Å². The van der Waals surface area contributed by atoms with Crippen LogP contribution >= 0.6 is 12.2 Å². The minimum absolute atomic E-state index is 0.0950. The lowest BCUT2D eigenvalue weighted by Gasteiger charge is -2.11. The standard InChI is InChI=1S/C10H15N3OS/c1-12(2)9(14)5-7-13-6-3-4-8(13)10(11)15/h3-4,6H,5,7H2,1-2H3,(H2,11,15). The van der Waals surface area contributed by atoms with E-state index in [1.54, 1.807) is 19.0 Å². The van der Waals surface area contributed by atoms with Crippen molar-refractivity contribution in [3.63, 3.8) is 0 Å². The number of carbonyl (C=O) groups excluding carboxylic acids is 1. The molecule has 0 unspecified atom stereocenters. The van der Waals surface area contributed by atoms with Crippen molar-refractivity contribution in [1.82, 2.24) is 9.47 Å². The lowest BCUT2D eigenvalue weighted by atomic mass is 10.3. The van der Waals surface area contributed by atoms with E-state index in [2.05, 4.69) is 0 Å². The number of thiocarbonyl (C=S) groups is 1. The summed E-state index contributed by atoms with van der Waals surface area (Å²) in [5.74, 6) is 0.0950. The second kappa shape index (κ2) is 4.93. The van der Waals surface area contributed by atoms with Crippen LogP contribution in [-0.2, 0) is 11.3 Å². The lowest BCUT2D eigenvalue weighted by molar-refractivity contribution is -0.128. The van der Waals surface area contributed by atoms with E-state index in [9.17, 15) is 4.79 Å². The first-order valence-electron chi connectivity index (χ1n) is 4.67. The van der Waals surface area contributed by atoms with Gasteiger partial charge in [-0.1, -0.05) is 12.2 Å². The highest BCUT2D eigenvalue weighted by atomic mass is 32.1. The number of hydrogen-bond acceptors (Lipinski definition) is 2. The minimum atomic E-state index is 0.0950. The number of carbonyl (C=O) groups is 1. The zero-order valence-corrected chi connectivity index (χ0v) is 9.75. The number of hydrogen-bond donors (Lipinski definition) is 1. The fourth-order valence-corrected chi connectivity index (χ4v) is 1.46. The van der Waals surface area contributed by atoms with Crippen molar-refractivity contribution in [3.8, 4) is 0 Å². The summed E-state index contributed by atoms with van der Waals surface area (Å²) in [6.45, 7) is 0.608. The number of rotatable bonds is 4. The summed E-state index contributed by atoms with van der Waals surface area (Å²) in [6.07, 6.45) is 2.33. The van der Waals surface area contributed by atoms with Gasteiger partial charge in [-0.25, -0.2) is 0 Å². The summed E-state index contributed by atoms with van der Waals surface area (Å²) in [5.41, 5.74) is 6.34. The summed E-state index contributed by atoms with van der Waals surface area (Å²) in [7, 11) is 3.49. The molecule has 0 aliphatic rings. The van der Waals surface area contributed by atoms with Crippen molar-refractivity contribution in [2.75, 3.05) is 14.1 Å². The Kier molecular flexibility index (Phi) is 3.85. The molecule has 1 aromatic heterocycles. The lowest BCUT2D eigenvalue weighted by Crippen LogP contribution is -2.24. The van der Waals surface area contributed by atoms with Gasteiger partial charge in [0.05, 0.1) is 5.69 Å². The summed E-state index contributed by atoms with van der Waals surface area (Å²) in [5, 5.41) is 0. The highest BCUT2D eigenvalue weighted by Crippen LogP contribution is 2.04. The predicted molar refractivity (Wildman–Crippen MR) is 63.6 cm³/mol. The smallest absolute Gasteiger partial charge is 0.223 e. The molecule has 0 saturated carbocycles. The van der Waals surface area contributed by atoms with Crippen LogP contribution in [0.2, 0.25) is 0 Å². The van der Waals surface area contributed by atoms with Gasteiger partial charge in [0, 0.05) is 33.3 Å². The monoisotopic (exact) mass is 225 g/mol.